The zero-order chi connectivity index (χ0) is 33.8. The van der Waals surface area contributed by atoms with Gasteiger partial charge in [-0.1, -0.05) is 64.1 Å². The maximum atomic E-state index is 14.2. The SMILES string of the molecule is C=C(/C=C(/F)C(=C)C(=C)/C=C(/F)C(=C)OC(F)(F)F)C(=C)/C(F)=C\C.C=CCCCC(C)OC(F)(F)[C@@]1(C)C=CC(C)C1. The zero-order valence-electron chi connectivity index (χ0n) is 25.0. The molecule has 0 amide bonds. The Kier molecular flexibility index (Phi) is 15.7. The van der Waals surface area contributed by atoms with Crippen molar-refractivity contribution in [2.75, 3.05) is 0 Å². The highest BCUT2D eigenvalue weighted by molar-refractivity contribution is 5.53. The van der Waals surface area contributed by atoms with Crippen molar-refractivity contribution in [2.45, 2.75) is 72.0 Å². The fourth-order valence-corrected chi connectivity index (χ4v) is 3.71. The molecule has 0 aromatic rings. The van der Waals surface area contributed by atoms with Crippen molar-refractivity contribution < 1.29 is 44.6 Å². The van der Waals surface area contributed by atoms with Gasteiger partial charge in [-0.15, -0.1) is 19.8 Å². The second-order valence-electron chi connectivity index (χ2n) is 10.2. The third-order valence-electron chi connectivity index (χ3n) is 6.28. The van der Waals surface area contributed by atoms with Crippen LogP contribution in [-0.2, 0) is 9.47 Å². The van der Waals surface area contributed by atoms with E-state index in [-0.39, 0.29) is 22.6 Å². The number of rotatable bonds is 15. The lowest BCUT2D eigenvalue weighted by Gasteiger charge is -2.34. The van der Waals surface area contributed by atoms with Gasteiger partial charge in [0.15, 0.2) is 11.6 Å². The highest BCUT2D eigenvalue weighted by Gasteiger charge is 2.52. The van der Waals surface area contributed by atoms with E-state index in [1.165, 1.54) is 6.92 Å². The molecule has 3 atom stereocenters. The van der Waals surface area contributed by atoms with E-state index in [1.54, 1.807) is 26.0 Å². The van der Waals surface area contributed by atoms with Crippen molar-refractivity contribution in [2.24, 2.45) is 11.3 Å². The second kappa shape index (κ2) is 17.0. The highest BCUT2D eigenvalue weighted by atomic mass is 19.4. The van der Waals surface area contributed by atoms with E-state index < -0.39 is 52.8 Å². The maximum absolute atomic E-state index is 14.2. The molecule has 0 saturated heterocycles. The predicted molar refractivity (Wildman–Crippen MR) is 157 cm³/mol. The van der Waals surface area contributed by atoms with Crippen LogP contribution in [0.5, 0.6) is 0 Å². The van der Waals surface area contributed by atoms with Gasteiger partial charge in [0.1, 0.15) is 11.7 Å². The molecule has 1 aliphatic rings. The van der Waals surface area contributed by atoms with Crippen molar-refractivity contribution in [3.8, 4) is 0 Å². The molecule has 240 valence electrons. The van der Waals surface area contributed by atoms with E-state index >= 15 is 0 Å². The second-order valence-corrected chi connectivity index (χ2v) is 10.2. The van der Waals surface area contributed by atoms with Crippen LogP contribution < -0.4 is 0 Å². The first kappa shape index (κ1) is 39.6. The minimum absolute atomic E-state index is 0.115. The summed E-state index contributed by atoms with van der Waals surface area (Å²) >= 11 is 0. The first-order valence-electron chi connectivity index (χ1n) is 13.2. The van der Waals surface area contributed by atoms with Crippen molar-refractivity contribution >= 4 is 0 Å². The van der Waals surface area contributed by atoms with E-state index in [9.17, 15) is 35.1 Å². The largest absolute Gasteiger partial charge is 0.573 e. The lowest BCUT2D eigenvalue weighted by molar-refractivity contribution is -0.309. The van der Waals surface area contributed by atoms with Gasteiger partial charge < -0.3 is 9.47 Å². The van der Waals surface area contributed by atoms with Crippen LogP contribution in [-0.4, -0.2) is 18.6 Å². The number of unbranched alkanes of at least 4 members (excludes halogenated alkanes) is 1. The Hall–Kier alpha value is -3.40. The topological polar surface area (TPSA) is 18.5 Å². The lowest BCUT2D eigenvalue weighted by Crippen LogP contribution is -2.41. The molecule has 0 aromatic heterocycles. The Balaban J connectivity index is 0.000000862. The highest BCUT2D eigenvalue weighted by Crippen LogP contribution is 2.48. The molecular formula is C33H40F8O2. The summed E-state index contributed by atoms with van der Waals surface area (Å²) in [5.41, 5.74) is -2.30. The van der Waals surface area contributed by atoms with Gasteiger partial charge in [0.05, 0.1) is 11.5 Å². The number of allylic oxidation sites excluding steroid dienone is 12. The van der Waals surface area contributed by atoms with Crippen LogP contribution in [0.15, 0.2) is 121 Å². The van der Waals surface area contributed by atoms with E-state index in [0.29, 0.717) is 18.9 Å². The van der Waals surface area contributed by atoms with Gasteiger partial charge in [-0.25, -0.2) is 13.2 Å². The van der Waals surface area contributed by atoms with Crippen LogP contribution in [0.2, 0.25) is 0 Å². The first-order chi connectivity index (χ1) is 19.6. The summed E-state index contributed by atoms with van der Waals surface area (Å²) in [5, 5.41) is 0. The fourth-order valence-electron chi connectivity index (χ4n) is 3.71. The monoisotopic (exact) mass is 620 g/mol. The van der Waals surface area contributed by atoms with Gasteiger partial charge in [0.25, 0.3) is 0 Å². The molecule has 0 spiro atoms. The third-order valence-corrected chi connectivity index (χ3v) is 6.28. The minimum Gasteiger partial charge on any atom is -0.403 e. The van der Waals surface area contributed by atoms with Crippen LogP contribution >= 0.6 is 0 Å². The van der Waals surface area contributed by atoms with Gasteiger partial charge in [-0.2, -0.15) is 8.78 Å². The first-order valence-corrected chi connectivity index (χ1v) is 13.2. The molecule has 0 bridgehead atoms. The Bertz CT molecular complexity index is 1180. The summed E-state index contributed by atoms with van der Waals surface area (Å²) in [7, 11) is 0. The van der Waals surface area contributed by atoms with E-state index in [2.05, 4.69) is 44.2 Å². The van der Waals surface area contributed by atoms with Gasteiger partial charge in [-0.05, 0) is 75.7 Å². The summed E-state index contributed by atoms with van der Waals surface area (Å²) in [5.74, 6) is -4.41. The maximum Gasteiger partial charge on any atom is 0.573 e. The lowest BCUT2D eigenvalue weighted by atomic mass is 9.86. The number of halogens is 8. The molecule has 10 heteroatoms. The molecule has 0 radical (unpaired) electrons. The molecule has 2 nitrogen and oxygen atoms in total. The van der Waals surface area contributed by atoms with Crippen molar-refractivity contribution in [1.82, 2.24) is 0 Å². The third kappa shape index (κ3) is 13.6. The summed E-state index contributed by atoms with van der Waals surface area (Å²) in [4.78, 5) is 0. The molecule has 1 aliphatic carbocycles. The number of ether oxygens (including phenoxy) is 2. The van der Waals surface area contributed by atoms with Crippen LogP contribution in [0.4, 0.5) is 35.1 Å². The van der Waals surface area contributed by atoms with E-state index in [1.807, 2.05) is 13.0 Å². The van der Waals surface area contributed by atoms with Crippen LogP contribution in [0, 0.1) is 11.3 Å². The van der Waals surface area contributed by atoms with Gasteiger partial charge in [0, 0.05) is 11.1 Å². The molecule has 1 rings (SSSR count). The summed E-state index contributed by atoms with van der Waals surface area (Å²) < 4.78 is 113. The zero-order valence-corrected chi connectivity index (χ0v) is 25.0. The number of hydrogen-bond donors (Lipinski definition) is 0. The molecule has 0 aliphatic heterocycles. The van der Waals surface area contributed by atoms with E-state index in [4.69, 9.17) is 4.74 Å². The van der Waals surface area contributed by atoms with Crippen LogP contribution in [0.25, 0.3) is 0 Å². The molecule has 0 heterocycles. The Morgan fingerprint density at radius 2 is 1.47 bits per heavy atom. The smallest absolute Gasteiger partial charge is 0.403 e. The average molecular weight is 621 g/mol. The molecule has 0 saturated carbocycles. The van der Waals surface area contributed by atoms with E-state index in [0.717, 1.165) is 25.0 Å². The van der Waals surface area contributed by atoms with Gasteiger partial charge >= 0.3 is 12.5 Å². The molecule has 0 aromatic carbocycles. The Morgan fingerprint density at radius 1 is 0.953 bits per heavy atom. The Morgan fingerprint density at radius 3 is 1.91 bits per heavy atom. The normalized spacial score (nSPS) is 20.1. The standard InChI is InChI=1S/C18H16F6O.C15H24F2O/c1-7-15(19)12(4)10(2)8-16(20)13(5)11(3)9-17(21)14(6)25-18(22,23)24;1-5-6-7-8-13(3)18-15(16,17)14(4)10-9-12(2)11-14/h7-9H,2-6H2,1H3;5,9-10,12-13H,1,6-8,11H2,2-4H3/b15-7+,16-8+,17-9+;/t;12?,13?,14-/m.0/s1. The predicted octanol–water partition coefficient (Wildman–Crippen LogP) is 11.8. The van der Waals surface area contributed by atoms with Gasteiger partial charge in [-0.3, -0.25) is 0 Å². The quantitative estimate of drug-likeness (QED) is 0.0596. The molecule has 2 unspecified atom stereocenters. The number of hydrogen-bond acceptors (Lipinski definition) is 2. The van der Waals surface area contributed by atoms with Crippen LogP contribution in [0.1, 0.15) is 53.4 Å². The number of alkyl halides is 5. The molecule has 0 N–H and O–H groups in total. The van der Waals surface area contributed by atoms with Crippen LogP contribution in [0.3, 0.4) is 0 Å². The average Bonchev–Trinajstić information content (AvgIpc) is 3.26. The summed E-state index contributed by atoms with van der Waals surface area (Å²) in [6, 6.07) is 0. The van der Waals surface area contributed by atoms with Crippen molar-refractivity contribution in [1.29, 1.82) is 0 Å². The van der Waals surface area contributed by atoms with Crippen molar-refractivity contribution in [3.63, 3.8) is 0 Å². The summed E-state index contributed by atoms with van der Waals surface area (Å²) in [6.45, 7) is 26.4. The summed E-state index contributed by atoms with van der Waals surface area (Å²) in [6.07, 6.45) is 1.70. The van der Waals surface area contributed by atoms with Crippen molar-refractivity contribution in [3.05, 3.63) is 121 Å². The molecule has 43 heavy (non-hydrogen) atoms. The molecule has 0 fully saturated rings. The fraction of sp³-hybridized carbons (Fsp3) is 0.394. The Labute approximate surface area is 249 Å². The molecular weight excluding hydrogens is 580 g/mol. The van der Waals surface area contributed by atoms with Gasteiger partial charge in [0.2, 0.25) is 0 Å². The minimum atomic E-state index is -5.12.